The molecule has 1 atom stereocenters. The number of hydrogen-bond donors (Lipinski definition) is 1. The Morgan fingerprint density at radius 3 is 2.90 bits per heavy atom. The van der Waals surface area contributed by atoms with Gasteiger partial charge in [0, 0.05) is 24.8 Å². The van der Waals surface area contributed by atoms with Crippen LogP contribution in [0.2, 0.25) is 5.02 Å². The summed E-state index contributed by atoms with van der Waals surface area (Å²) in [6, 6.07) is 2.65. The maximum absolute atomic E-state index is 6.20. The van der Waals surface area contributed by atoms with Crippen LogP contribution in [-0.2, 0) is 6.54 Å². The molecular weight excluding hydrogens is 284 g/mol. The van der Waals surface area contributed by atoms with Crippen molar-refractivity contribution in [3.63, 3.8) is 0 Å². The standard InChI is InChI=1S/C17H27ClN2O/c1-3-5-6-13(4-2)12-21-17-9-14(16(18)11-20-17)10-19-15-7-8-15/h9,11,13,15,19H,3-8,10,12H2,1-2H3. The molecule has 21 heavy (non-hydrogen) atoms. The van der Waals surface area contributed by atoms with E-state index in [-0.39, 0.29) is 0 Å². The lowest BCUT2D eigenvalue weighted by molar-refractivity contribution is 0.225. The van der Waals surface area contributed by atoms with Gasteiger partial charge in [-0.15, -0.1) is 0 Å². The summed E-state index contributed by atoms with van der Waals surface area (Å²) in [7, 11) is 0. The molecule has 4 heteroatoms. The summed E-state index contributed by atoms with van der Waals surface area (Å²) in [4.78, 5) is 4.29. The third-order valence-corrected chi connectivity index (χ3v) is 4.42. The van der Waals surface area contributed by atoms with Crippen LogP contribution in [0.5, 0.6) is 5.88 Å². The van der Waals surface area contributed by atoms with Crippen LogP contribution in [0.1, 0.15) is 57.9 Å². The summed E-state index contributed by atoms with van der Waals surface area (Å²) >= 11 is 6.20. The monoisotopic (exact) mass is 310 g/mol. The second-order valence-electron chi connectivity index (χ2n) is 6.00. The first-order valence-corrected chi connectivity index (χ1v) is 8.61. The van der Waals surface area contributed by atoms with E-state index in [9.17, 15) is 0 Å². The second kappa shape index (κ2) is 8.60. The average Bonchev–Trinajstić information content (AvgIpc) is 3.32. The average molecular weight is 311 g/mol. The SMILES string of the molecule is CCCCC(CC)COc1cc(CNC2CC2)c(Cl)cn1. The predicted octanol–water partition coefficient (Wildman–Crippen LogP) is 4.58. The second-order valence-corrected chi connectivity index (χ2v) is 6.40. The number of nitrogens with one attached hydrogen (secondary N) is 1. The summed E-state index contributed by atoms with van der Waals surface area (Å²) in [5, 5.41) is 4.19. The molecule has 1 aliphatic rings. The number of pyridine rings is 1. The topological polar surface area (TPSA) is 34.1 Å². The van der Waals surface area contributed by atoms with Gasteiger partial charge in [-0.1, -0.05) is 44.7 Å². The largest absolute Gasteiger partial charge is 0.477 e. The number of unbranched alkanes of at least 4 members (excludes halogenated alkanes) is 1. The number of hydrogen-bond acceptors (Lipinski definition) is 3. The van der Waals surface area contributed by atoms with E-state index in [0.717, 1.165) is 25.1 Å². The lowest BCUT2D eigenvalue weighted by atomic mass is 10.0. The molecule has 0 saturated heterocycles. The summed E-state index contributed by atoms with van der Waals surface area (Å²) in [6.07, 6.45) is 9.16. The minimum absolute atomic E-state index is 0.621. The third-order valence-electron chi connectivity index (χ3n) is 4.08. The van der Waals surface area contributed by atoms with Crippen molar-refractivity contribution in [3.05, 3.63) is 22.8 Å². The van der Waals surface area contributed by atoms with Gasteiger partial charge in [-0.05, 0) is 30.7 Å². The highest BCUT2D eigenvalue weighted by atomic mass is 35.5. The molecule has 0 aliphatic heterocycles. The van der Waals surface area contributed by atoms with Gasteiger partial charge in [0.05, 0.1) is 11.6 Å². The molecule has 1 aliphatic carbocycles. The number of aromatic nitrogens is 1. The van der Waals surface area contributed by atoms with Gasteiger partial charge in [-0.25, -0.2) is 4.98 Å². The van der Waals surface area contributed by atoms with E-state index in [0.29, 0.717) is 22.9 Å². The van der Waals surface area contributed by atoms with Crippen LogP contribution < -0.4 is 10.1 Å². The van der Waals surface area contributed by atoms with Crippen LogP contribution in [0.3, 0.4) is 0 Å². The van der Waals surface area contributed by atoms with Crippen molar-refractivity contribution in [3.8, 4) is 5.88 Å². The normalized spacial score (nSPS) is 16.0. The molecule has 118 valence electrons. The zero-order valence-electron chi connectivity index (χ0n) is 13.2. The molecule has 1 fully saturated rings. The molecule has 1 aromatic heterocycles. The Labute approximate surface area is 133 Å². The van der Waals surface area contributed by atoms with E-state index >= 15 is 0 Å². The summed E-state index contributed by atoms with van der Waals surface area (Å²) < 4.78 is 5.88. The van der Waals surface area contributed by atoms with Crippen LogP contribution in [0, 0.1) is 5.92 Å². The zero-order valence-corrected chi connectivity index (χ0v) is 14.0. The van der Waals surface area contributed by atoms with Crippen molar-refractivity contribution in [1.82, 2.24) is 10.3 Å². The minimum Gasteiger partial charge on any atom is -0.477 e. The van der Waals surface area contributed by atoms with Gasteiger partial charge in [0.15, 0.2) is 0 Å². The van der Waals surface area contributed by atoms with Crippen molar-refractivity contribution < 1.29 is 4.74 Å². The maximum Gasteiger partial charge on any atom is 0.213 e. The van der Waals surface area contributed by atoms with Gasteiger partial charge in [-0.3, -0.25) is 0 Å². The lowest BCUT2D eigenvalue weighted by Crippen LogP contribution is -2.16. The van der Waals surface area contributed by atoms with Crippen molar-refractivity contribution in [2.24, 2.45) is 5.92 Å². The minimum atomic E-state index is 0.621. The lowest BCUT2D eigenvalue weighted by Gasteiger charge is -2.15. The van der Waals surface area contributed by atoms with Gasteiger partial charge >= 0.3 is 0 Å². The molecule has 1 heterocycles. The van der Waals surface area contributed by atoms with Gasteiger partial charge in [-0.2, -0.15) is 0 Å². The molecule has 3 nitrogen and oxygen atoms in total. The molecule has 0 radical (unpaired) electrons. The molecule has 0 bridgehead atoms. The molecule has 1 aromatic rings. The summed E-state index contributed by atoms with van der Waals surface area (Å²) in [6.45, 7) is 6.01. The van der Waals surface area contributed by atoms with Crippen molar-refractivity contribution >= 4 is 11.6 Å². The fourth-order valence-electron chi connectivity index (χ4n) is 2.32. The van der Waals surface area contributed by atoms with Gasteiger partial charge < -0.3 is 10.1 Å². The Bertz CT molecular complexity index is 435. The number of halogens is 1. The van der Waals surface area contributed by atoms with Crippen LogP contribution in [-0.4, -0.2) is 17.6 Å². The Kier molecular flexibility index (Phi) is 6.78. The third kappa shape index (κ3) is 5.84. The first-order chi connectivity index (χ1) is 10.2. The molecule has 0 aromatic carbocycles. The first-order valence-electron chi connectivity index (χ1n) is 8.23. The van der Waals surface area contributed by atoms with Gasteiger partial charge in [0.25, 0.3) is 0 Å². The van der Waals surface area contributed by atoms with Gasteiger partial charge in [0.2, 0.25) is 5.88 Å². The van der Waals surface area contributed by atoms with Crippen molar-refractivity contribution in [2.45, 2.75) is 65.0 Å². The molecule has 1 saturated carbocycles. The van der Waals surface area contributed by atoms with Crippen molar-refractivity contribution in [2.75, 3.05) is 6.61 Å². The Hall–Kier alpha value is -0.800. The smallest absolute Gasteiger partial charge is 0.213 e. The van der Waals surface area contributed by atoms with E-state index in [1.54, 1.807) is 6.20 Å². The summed E-state index contributed by atoms with van der Waals surface area (Å²) in [5.41, 5.74) is 1.08. The van der Waals surface area contributed by atoms with Crippen LogP contribution in [0.4, 0.5) is 0 Å². The van der Waals surface area contributed by atoms with Crippen molar-refractivity contribution in [1.29, 1.82) is 0 Å². The van der Waals surface area contributed by atoms with Crippen LogP contribution in [0.25, 0.3) is 0 Å². The number of nitrogens with zero attached hydrogens (tertiary/aromatic N) is 1. The Morgan fingerprint density at radius 1 is 1.43 bits per heavy atom. The predicted molar refractivity (Wildman–Crippen MR) is 87.9 cm³/mol. The number of ether oxygens (including phenoxy) is 1. The van der Waals surface area contributed by atoms with E-state index < -0.39 is 0 Å². The molecule has 1 unspecified atom stereocenters. The van der Waals surface area contributed by atoms with E-state index in [4.69, 9.17) is 16.3 Å². The van der Waals surface area contributed by atoms with Gasteiger partial charge in [0.1, 0.15) is 0 Å². The molecule has 1 N–H and O–H groups in total. The zero-order chi connectivity index (χ0) is 15.1. The highest BCUT2D eigenvalue weighted by Gasteiger charge is 2.20. The molecular formula is C17H27ClN2O. The molecule has 2 rings (SSSR count). The molecule has 0 amide bonds. The van der Waals surface area contributed by atoms with E-state index in [2.05, 4.69) is 24.1 Å². The first kappa shape index (κ1) is 16.6. The maximum atomic E-state index is 6.20. The highest BCUT2D eigenvalue weighted by molar-refractivity contribution is 6.31. The fourth-order valence-corrected chi connectivity index (χ4v) is 2.49. The summed E-state index contributed by atoms with van der Waals surface area (Å²) in [5.74, 6) is 1.32. The fraction of sp³-hybridized carbons (Fsp3) is 0.706. The van der Waals surface area contributed by atoms with Crippen LogP contribution in [0.15, 0.2) is 12.3 Å². The van der Waals surface area contributed by atoms with E-state index in [1.165, 1.54) is 32.1 Å². The van der Waals surface area contributed by atoms with Crippen LogP contribution >= 0.6 is 11.6 Å². The quantitative estimate of drug-likeness (QED) is 0.686. The Balaban J connectivity index is 1.85. The highest BCUT2D eigenvalue weighted by Crippen LogP contribution is 2.23. The van der Waals surface area contributed by atoms with E-state index in [1.807, 2.05) is 6.07 Å². The molecule has 0 spiro atoms. The Morgan fingerprint density at radius 2 is 2.24 bits per heavy atom. The number of rotatable bonds is 10.